The topological polar surface area (TPSA) is 83.1 Å². The summed E-state index contributed by atoms with van der Waals surface area (Å²) in [5.74, 6) is -0.276. The number of aromatic nitrogens is 1. The van der Waals surface area contributed by atoms with Crippen molar-refractivity contribution in [1.29, 1.82) is 0 Å². The lowest BCUT2D eigenvalue weighted by Gasteiger charge is -2.11. The van der Waals surface area contributed by atoms with E-state index in [1.807, 2.05) is 38.1 Å². The van der Waals surface area contributed by atoms with Gasteiger partial charge in [0.15, 0.2) is 0 Å². The lowest BCUT2D eigenvalue weighted by atomic mass is 10.2. The zero-order chi connectivity index (χ0) is 17.5. The van der Waals surface area contributed by atoms with Crippen molar-refractivity contribution in [3.05, 3.63) is 48.3 Å². The Bertz CT molecular complexity index is 696. The van der Waals surface area contributed by atoms with E-state index in [1.54, 1.807) is 18.3 Å². The number of pyridine rings is 1. The number of hydrogen-bond donors (Lipinski definition) is 3. The van der Waals surface area contributed by atoms with Crippen molar-refractivity contribution in [2.24, 2.45) is 0 Å². The highest BCUT2D eigenvalue weighted by Gasteiger charge is 2.09. The van der Waals surface area contributed by atoms with Crippen molar-refractivity contribution in [1.82, 2.24) is 10.3 Å². The first-order valence-electron chi connectivity index (χ1n) is 7.89. The molecule has 0 bridgehead atoms. The van der Waals surface area contributed by atoms with Gasteiger partial charge in [0, 0.05) is 24.3 Å². The van der Waals surface area contributed by atoms with Gasteiger partial charge in [-0.15, -0.1) is 0 Å². The van der Waals surface area contributed by atoms with Gasteiger partial charge in [-0.25, -0.2) is 4.98 Å². The molecule has 1 aromatic carbocycles. The fraction of sp³-hybridized carbons (Fsp3) is 0.278. The smallest absolute Gasteiger partial charge is 0.270 e. The van der Waals surface area contributed by atoms with Gasteiger partial charge in [-0.05, 0) is 49.7 Å². The zero-order valence-electron chi connectivity index (χ0n) is 14.1. The minimum Gasteiger partial charge on any atom is -0.354 e. The third-order valence-electron chi connectivity index (χ3n) is 3.48. The predicted molar refractivity (Wildman–Crippen MR) is 95.5 cm³/mol. The van der Waals surface area contributed by atoms with Crippen LogP contribution in [0.1, 0.15) is 37.7 Å². The van der Waals surface area contributed by atoms with Crippen LogP contribution < -0.4 is 16.0 Å². The molecule has 1 atom stereocenters. The second-order valence-electron chi connectivity index (χ2n) is 5.60. The summed E-state index contributed by atoms with van der Waals surface area (Å²) in [6, 6.07) is 10.9. The lowest BCUT2D eigenvalue weighted by molar-refractivity contribution is -0.114. The molecule has 0 saturated carbocycles. The maximum Gasteiger partial charge on any atom is 0.270 e. The third-order valence-corrected chi connectivity index (χ3v) is 3.48. The molecule has 0 saturated heterocycles. The van der Waals surface area contributed by atoms with Crippen LogP contribution in [0.4, 0.5) is 17.1 Å². The first kappa shape index (κ1) is 17.5. The molecule has 0 radical (unpaired) electrons. The van der Waals surface area contributed by atoms with Gasteiger partial charge in [-0.1, -0.05) is 6.92 Å². The van der Waals surface area contributed by atoms with E-state index in [2.05, 4.69) is 20.9 Å². The first-order valence-corrected chi connectivity index (χ1v) is 7.89. The molecule has 2 rings (SSSR count). The quantitative estimate of drug-likeness (QED) is 0.760. The van der Waals surface area contributed by atoms with Crippen molar-refractivity contribution < 1.29 is 9.59 Å². The van der Waals surface area contributed by atoms with Crippen LogP contribution in [0.2, 0.25) is 0 Å². The number of carbonyl (C=O) groups excluding carboxylic acids is 2. The Balaban J connectivity index is 1.98. The van der Waals surface area contributed by atoms with Crippen molar-refractivity contribution in [2.45, 2.75) is 33.2 Å². The highest BCUT2D eigenvalue weighted by molar-refractivity contribution is 5.92. The van der Waals surface area contributed by atoms with Crippen molar-refractivity contribution in [2.75, 3.05) is 10.6 Å². The summed E-state index contributed by atoms with van der Waals surface area (Å²) in [6.45, 7) is 5.44. The van der Waals surface area contributed by atoms with Crippen LogP contribution >= 0.6 is 0 Å². The average Bonchev–Trinajstić information content (AvgIpc) is 2.56. The molecular formula is C18H22N4O2. The molecule has 2 aromatic rings. The van der Waals surface area contributed by atoms with Gasteiger partial charge in [0.05, 0.1) is 11.9 Å². The van der Waals surface area contributed by atoms with Crippen LogP contribution in [-0.4, -0.2) is 22.8 Å². The predicted octanol–water partition coefficient (Wildman–Crippen LogP) is 3.31. The highest BCUT2D eigenvalue weighted by atomic mass is 16.2. The van der Waals surface area contributed by atoms with E-state index in [0.717, 1.165) is 23.5 Å². The van der Waals surface area contributed by atoms with Crippen molar-refractivity contribution in [3.63, 3.8) is 0 Å². The molecule has 0 aliphatic rings. The molecule has 3 N–H and O–H groups in total. The molecule has 24 heavy (non-hydrogen) atoms. The minimum atomic E-state index is -0.171. The number of anilines is 3. The summed E-state index contributed by atoms with van der Waals surface area (Å²) >= 11 is 0. The Morgan fingerprint density at radius 2 is 1.67 bits per heavy atom. The summed E-state index contributed by atoms with van der Waals surface area (Å²) in [6.07, 6.45) is 2.49. The number of nitrogens with one attached hydrogen (secondary N) is 3. The Kier molecular flexibility index (Phi) is 5.89. The largest absolute Gasteiger partial charge is 0.354 e. The van der Waals surface area contributed by atoms with Gasteiger partial charge in [0.25, 0.3) is 5.91 Å². The summed E-state index contributed by atoms with van der Waals surface area (Å²) < 4.78 is 0. The summed E-state index contributed by atoms with van der Waals surface area (Å²) in [4.78, 5) is 27.2. The number of nitrogens with zero attached hydrogens (tertiary/aromatic N) is 1. The number of amides is 2. The Morgan fingerprint density at radius 1 is 1.04 bits per heavy atom. The Hall–Kier alpha value is -2.89. The van der Waals surface area contributed by atoms with Crippen LogP contribution in [0.5, 0.6) is 0 Å². The number of hydrogen-bond acceptors (Lipinski definition) is 4. The standard InChI is InChI=1S/C18H22N4O2/c1-4-12(2)20-18(24)17-10-9-16(11-19-17)22-15-7-5-14(6-8-15)21-13(3)23/h5-12,22H,4H2,1-3H3,(H,20,24)(H,21,23). The van der Waals surface area contributed by atoms with Crippen molar-refractivity contribution >= 4 is 28.9 Å². The van der Waals surface area contributed by atoms with Gasteiger partial charge < -0.3 is 16.0 Å². The third kappa shape index (κ3) is 5.08. The molecule has 2 amide bonds. The van der Waals surface area contributed by atoms with Gasteiger partial charge >= 0.3 is 0 Å². The maximum absolute atomic E-state index is 12.0. The van der Waals surface area contributed by atoms with Crippen molar-refractivity contribution in [3.8, 4) is 0 Å². The molecule has 1 unspecified atom stereocenters. The first-order chi connectivity index (χ1) is 11.5. The SMILES string of the molecule is CCC(C)NC(=O)c1ccc(Nc2ccc(NC(C)=O)cc2)cn1. The van der Waals surface area contributed by atoms with E-state index < -0.39 is 0 Å². The second-order valence-corrected chi connectivity index (χ2v) is 5.60. The monoisotopic (exact) mass is 326 g/mol. The Morgan fingerprint density at radius 3 is 2.21 bits per heavy atom. The summed E-state index contributed by atoms with van der Waals surface area (Å²) in [5.41, 5.74) is 2.77. The van der Waals surface area contributed by atoms with Gasteiger partial charge in [0.1, 0.15) is 5.69 Å². The molecule has 6 nitrogen and oxygen atoms in total. The van der Waals surface area contributed by atoms with Gasteiger partial charge in [-0.3, -0.25) is 9.59 Å². The van der Waals surface area contributed by atoms with Gasteiger partial charge in [-0.2, -0.15) is 0 Å². The average molecular weight is 326 g/mol. The van der Waals surface area contributed by atoms with E-state index in [0.29, 0.717) is 5.69 Å². The molecule has 0 spiro atoms. The van der Waals surface area contributed by atoms with Crippen LogP contribution in [0, 0.1) is 0 Å². The van der Waals surface area contributed by atoms with Crippen LogP contribution in [0.3, 0.4) is 0 Å². The lowest BCUT2D eigenvalue weighted by Crippen LogP contribution is -2.32. The molecule has 1 heterocycles. The highest BCUT2D eigenvalue weighted by Crippen LogP contribution is 2.18. The number of carbonyl (C=O) groups is 2. The molecular weight excluding hydrogens is 304 g/mol. The van der Waals surface area contributed by atoms with Crippen LogP contribution in [0.15, 0.2) is 42.6 Å². The molecule has 126 valence electrons. The van der Waals surface area contributed by atoms with E-state index in [9.17, 15) is 9.59 Å². The molecule has 1 aromatic heterocycles. The van der Waals surface area contributed by atoms with E-state index in [-0.39, 0.29) is 17.9 Å². The summed E-state index contributed by atoms with van der Waals surface area (Å²) in [7, 11) is 0. The zero-order valence-corrected chi connectivity index (χ0v) is 14.1. The number of rotatable bonds is 6. The van der Waals surface area contributed by atoms with Crippen LogP contribution in [-0.2, 0) is 4.79 Å². The minimum absolute atomic E-state index is 0.105. The van der Waals surface area contributed by atoms with E-state index in [1.165, 1.54) is 6.92 Å². The van der Waals surface area contributed by atoms with Crippen LogP contribution in [0.25, 0.3) is 0 Å². The summed E-state index contributed by atoms with van der Waals surface area (Å²) in [5, 5.41) is 8.79. The second kappa shape index (κ2) is 8.10. The molecule has 0 aliphatic heterocycles. The maximum atomic E-state index is 12.0. The van der Waals surface area contributed by atoms with E-state index in [4.69, 9.17) is 0 Å². The van der Waals surface area contributed by atoms with Gasteiger partial charge in [0.2, 0.25) is 5.91 Å². The molecule has 0 aliphatic carbocycles. The van der Waals surface area contributed by atoms with E-state index >= 15 is 0 Å². The molecule has 0 fully saturated rings. The Labute approximate surface area is 141 Å². The molecule has 6 heteroatoms. The number of benzene rings is 1. The fourth-order valence-corrected chi connectivity index (χ4v) is 2.01. The normalized spacial score (nSPS) is 11.5. The fourth-order valence-electron chi connectivity index (χ4n) is 2.01.